The smallest absolute Gasteiger partial charge is 0.348 e. The van der Waals surface area contributed by atoms with Gasteiger partial charge in [-0.3, -0.25) is 0 Å². The zero-order valence-corrected chi connectivity index (χ0v) is 10.2. The predicted molar refractivity (Wildman–Crippen MR) is 54.5 cm³/mol. The van der Waals surface area contributed by atoms with Gasteiger partial charge in [0.05, 0.1) is 7.11 Å². The summed E-state index contributed by atoms with van der Waals surface area (Å²) in [6.45, 7) is 5.92. The lowest BCUT2D eigenvalue weighted by Gasteiger charge is -2.28. The Morgan fingerprint density at radius 3 is 1.71 bits per heavy atom. The molecule has 0 rings (SSSR count). The van der Waals surface area contributed by atoms with Gasteiger partial charge in [0.1, 0.15) is 0 Å². The van der Waals surface area contributed by atoms with Crippen LogP contribution in [0.2, 0.25) is 18.1 Å². The minimum absolute atomic E-state index is 0.595. The van der Waals surface area contributed by atoms with Gasteiger partial charge in [-0.05, 0) is 18.1 Å². The summed E-state index contributed by atoms with van der Waals surface area (Å²) in [5, 5.41) is 0. The molecule has 0 atom stereocenters. The Morgan fingerprint density at radius 1 is 1.07 bits per heavy atom. The first-order valence-electron chi connectivity index (χ1n) is 4.83. The van der Waals surface area contributed by atoms with E-state index in [2.05, 4.69) is 4.74 Å². The summed E-state index contributed by atoms with van der Waals surface area (Å²) >= 11 is 0. The number of hydrogen-bond acceptors (Lipinski definition) is 2. The summed E-state index contributed by atoms with van der Waals surface area (Å²) in [6.07, 6.45) is -1.88. The van der Waals surface area contributed by atoms with Gasteiger partial charge in [-0.1, -0.05) is 20.8 Å². The van der Waals surface area contributed by atoms with E-state index >= 15 is 0 Å². The molecule has 0 saturated heterocycles. The molecule has 2 nitrogen and oxygen atoms in total. The molecule has 0 aliphatic rings. The second-order valence-corrected chi connectivity index (χ2v) is 7.79. The van der Waals surface area contributed by atoms with Crippen LogP contribution in [-0.4, -0.2) is 15.4 Å². The Labute approximate surface area is 85.0 Å². The summed E-state index contributed by atoms with van der Waals surface area (Å²) in [5.41, 5.74) is 0. The molecule has 0 N–H and O–H groups in total. The van der Waals surface area contributed by atoms with Crippen molar-refractivity contribution in [2.45, 2.75) is 38.9 Å². The SMILES string of the molecule is CC[Si](CC)(CC)OC(OC)=C(F)F. The lowest BCUT2D eigenvalue weighted by atomic mass is 10.9. The second kappa shape index (κ2) is 6.01. The van der Waals surface area contributed by atoms with Gasteiger partial charge in [-0.15, -0.1) is 0 Å². The number of halogens is 2. The van der Waals surface area contributed by atoms with Gasteiger partial charge < -0.3 is 9.16 Å². The maximum Gasteiger partial charge on any atom is 0.348 e. The van der Waals surface area contributed by atoms with Crippen LogP contribution in [0.1, 0.15) is 20.8 Å². The molecule has 0 bridgehead atoms. The summed E-state index contributed by atoms with van der Waals surface area (Å²) in [5.74, 6) is -0.595. The molecule has 0 aromatic carbocycles. The van der Waals surface area contributed by atoms with Gasteiger partial charge in [-0.25, -0.2) is 0 Å². The molecule has 0 saturated carbocycles. The van der Waals surface area contributed by atoms with Crippen molar-refractivity contribution in [1.29, 1.82) is 0 Å². The molecule has 5 heteroatoms. The van der Waals surface area contributed by atoms with Gasteiger partial charge in [0, 0.05) is 0 Å². The lowest BCUT2D eigenvalue weighted by molar-refractivity contribution is 0.113. The summed E-state index contributed by atoms with van der Waals surface area (Å²) in [6, 6.07) is 2.46. The third-order valence-corrected chi connectivity index (χ3v) is 7.07. The van der Waals surface area contributed by atoms with Crippen LogP contribution in [0, 0.1) is 0 Å². The van der Waals surface area contributed by atoms with Gasteiger partial charge in [0.25, 0.3) is 8.32 Å². The second-order valence-electron chi connectivity index (χ2n) is 3.10. The molecule has 0 aromatic rings. The molecule has 0 aromatic heterocycles. The maximum atomic E-state index is 12.3. The molecule has 0 unspecified atom stereocenters. The summed E-state index contributed by atoms with van der Waals surface area (Å²) in [7, 11) is -0.824. The number of rotatable bonds is 6. The van der Waals surface area contributed by atoms with Crippen LogP contribution in [0.15, 0.2) is 12.0 Å². The number of ether oxygens (including phenoxy) is 1. The van der Waals surface area contributed by atoms with Gasteiger partial charge in [0.2, 0.25) is 0 Å². The molecule has 84 valence electrons. The van der Waals surface area contributed by atoms with Gasteiger partial charge in [0.15, 0.2) is 0 Å². The first-order valence-corrected chi connectivity index (χ1v) is 7.36. The third kappa shape index (κ3) is 3.29. The Bertz CT molecular complexity index is 191. The van der Waals surface area contributed by atoms with Crippen molar-refractivity contribution in [1.82, 2.24) is 0 Å². The van der Waals surface area contributed by atoms with Gasteiger partial charge >= 0.3 is 12.0 Å². The van der Waals surface area contributed by atoms with Crippen LogP contribution < -0.4 is 0 Å². The van der Waals surface area contributed by atoms with Crippen LogP contribution in [-0.2, 0) is 9.16 Å². The van der Waals surface area contributed by atoms with Crippen molar-refractivity contribution in [3.8, 4) is 0 Å². The fraction of sp³-hybridized carbons (Fsp3) is 0.778. The van der Waals surface area contributed by atoms with Crippen LogP contribution >= 0.6 is 0 Å². The van der Waals surface area contributed by atoms with Gasteiger partial charge in [-0.2, -0.15) is 8.78 Å². The predicted octanol–water partition coefficient (Wildman–Crippen LogP) is 3.72. The Hall–Kier alpha value is -0.583. The quantitative estimate of drug-likeness (QED) is 0.505. The fourth-order valence-electron chi connectivity index (χ4n) is 1.32. The zero-order chi connectivity index (χ0) is 11.2. The van der Waals surface area contributed by atoms with E-state index < -0.39 is 20.3 Å². The van der Waals surface area contributed by atoms with Crippen molar-refractivity contribution in [3.05, 3.63) is 12.0 Å². The minimum atomic E-state index is -2.03. The van der Waals surface area contributed by atoms with E-state index in [0.29, 0.717) is 0 Å². The topological polar surface area (TPSA) is 18.5 Å². The van der Waals surface area contributed by atoms with Crippen molar-refractivity contribution in [3.63, 3.8) is 0 Å². The highest BCUT2D eigenvalue weighted by Gasteiger charge is 2.33. The Balaban J connectivity index is 4.66. The fourth-order valence-corrected chi connectivity index (χ4v) is 3.81. The van der Waals surface area contributed by atoms with E-state index in [4.69, 9.17) is 4.43 Å². The molecule has 0 aliphatic carbocycles. The van der Waals surface area contributed by atoms with Crippen molar-refractivity contribution < 1.29 is 17.9 Å². The van der Waals surface area contributed by atoms with Crippen LogP contribution in [0.3, 0.4) is 0 Å². The molecule has 0 heterocycles. The van der Waals surface area contributed by atoms with E-state index in [1.165, 1.54) is 7.11 Å². The average Bonchev–Trinajstić information content (AvgIpc) is 2.20. The largest absolute Gasteiger partial charge is 0.515 e. The van der Waals surface area contributed by atoms with E-state index in [1.54, 1.807) is 0 Å². The molecular formula is C9H18F2O2Si. The number of methoxy groups -OCH3 is 1. The molecule has 0 aliphatic heterocycles. The first kappa shape index (κ1) is 13.4. The van der Waals surface area contributed by atoms with Crippen LogP contribution in [0.4, 0.5) is 8.78 Å². The highest BCUT2D eigenvalue weighted by Crippen LogP contribution is 2.26. The maximum absolute atomic E-state index is 12.3. The molecule has 0 spiro atoms. The standard InChI is InChI=1S/C9H18F2O2Si/c1-5-14(6-2,7-3)13-9(12-4)8(10)11/h5-7H2,1-4H3. The van der Waals surface area contributed by atoms with Crippen LogP contribution in [0.25, 0.3) is 0 Å². The first-order chi connectivity index (χ1) is 6.55. The van der Waals surface area contributed by atoms with Crippen LogP contribution in [0.5, 0.6) is 0 Å². The lowest BCUT2D eigenvalue weighted by Crippen LogP contribution is -2.35. The molecule has 0 radical (unpaired) electrons. The normalized spacial score (nSPS) is 11.0. The summed E-state index contributed by atoms with van der Waals surface area (Å²) in [4.78, 5) is 0. The monoisotopic (exact) mass is 224 g/mol. The van der Waals surface area contributed by atoms with Crippen molar-refractivity contribution in [2.75, 3.05) is 7.11 Å². The van der Waals surface area contributed by atoms with E-state index in [1.807, 2.05) is 20.8 Å². The highest BCUT2D eigenvalue weighted by molar-refractivity contribution is 6.73. The molecule has 0 fully saturated rings. The highest BCUT2D eigenvalue weighted by atomic mass is 28.4. The van der Waals surface area contributed by atoms with E-state index in [0.717, 1.165) is 18.1 Å². The molecular weight excluding hydrogens is 206 g/mol. The zero-order valence-electron chi connectivity index (χ0n) is 9.19. The Morgan fingerprint density at radius 2 is 1.50 bits per heavy atom. The molecule has 0 amide bonds. The average molecular weight is 224 g/mol. The Kier molecular flexibility index (Phi) is 5.76. The summed E-state index contributed by atoms with van der Waals surface area (Å²) < 4.78 is 34.4. The van der Waals surface area contributed by atoms with Crippen molar-refractivity contribution >= 4 is 8.32 Å². The van der Waals surface area contributed by atoms with E-state index in [-0.39, 0.29) is 0 Å². The number of hydrogen-bond donors (Lipinski definition) is 0. The minimum Gasteiger partial charge on any atom is -0.515 e. The van der Waals surface area contributed by atoms with E-state index in [9.17, 15) is 8.78 Å². The molecule has 14 heavy (non-hydrogen) atoms. The van der Waals surface area contributed by atoms with Crippen molar-refractivity contribution in [2.24, 2.45) is 0 Å². The third-order valence-electron chi connectivity index (χ3n) is 2.58.